The number of hydrogen-bond acceptors (Lipinski definition) is 5. The molecule has 1 atom stereocenters. The Labute approximate surface area is 114 Å². The number of anilines is 1. The zero-order valence-corrected chi connectivity index (χ0v) is 11.6. The summed E-state index contributed by atoms with van der Waals surface area (Å²) in [5, 5.41) is 0. The first-order valence-corrected chi connectivity index (χ1v) is 6.93. The second-order valence-electron chi connectivity index (χ2n) is 4.86. The Morgan fingerprint density at radius 3 is 3.00 bits per heavy atom. The van der Waals surface area contributed by atoms with Gasteiger partial charge in [0.05, 0.1) is 19.5 Å². The molecule has 5 nitrogen and oxygen atoms in total. The van der Waals surface area contributed by atoms with Gasteiger partial charge in [0.15, 0.2) is 5.69 Å². The third-order valence-electron chi connectivity index (χ3n) is 3.66. The van der Waals surface area contributed by atoms with Gasteiger partial charge < -0.3 is 9.64 Å². The van der Waals surface area contributed by atoms with Crippen molar-refractivity contribution in [3.8, 4) is 0 Å². The minimum atomic E-state index is -0.433. The molecule has 19 heavy (non-hydrogen) atoms. The number of esters is 1. The minimum absolute atomic E-state index is 0.277. The molecule has 1 aliphatic rings. The number of carbonyl (C=O) groups is 1. The molecule has 2 heterocycles. The van der Waals surface area contributed by atoms with Crippen LogP contribution in [-0.2, 0) is 4.74 Å². The molecule has 1 aliphatic heterocycles. The smallest absolute Gasteiger partial charge is 0.358 e. The summed E-state index contributed by atoms with van der Waals surface area (Å²) in [5.74, 6) is 0.355. The monoisotopic (exact) mass is 263 g/mol. The Kier molecular flexibility index (Phi) is 4.71. The molecule has 0 aliphatic carbocycles. The molecule has 0 bridgehead atoms. The topological polar surface area (TPSA) is 55.3 Å². The fourth-order valence-corrected chi connectivity index (χ4v) is 2.60. The van der Waals surface area contributed by atoms with Crippen molar-refractivity contribution in [2.45, 2.75) is 45.1 Å². The Morgan fingerprint density at radius 1 is 1.42 bits per heavy atom. The highest BCUT2D eigenvalue weighted by Gasteiger charge is 2.22. The fourth-order valence-electron chi connectivity index (χ4n) is 2.60. The van der Waals surface area contributed by atoms with Crippen LogP contribution in [0.25, 0.3) is 0 Å². The molecular weight excluding hydrogens is 242 g/mol. The van der Waals surface area contributed by atoms with Gasteiger partial charge in [-0.1, -0.05) is 19.8 Å². The molecule has 1 aromatic heterocycles. The van der Waals surface area contributed by atoms with Crippen LogP contribution in [0.5, 0.6) is 0 Å². The number of methoxy groups -OCH3 is 1. The Hall–Kier alpha value is -1.65. The van der Waals surface area contributed by atoms with Gasteiger partial charge in [0.1, 0.15) is 5.82 Å². The first-order chi connectivity index (χ1) is 9.26. The molecule has 1 saturated heterocycles. The van der Waals surface area contributed by atoms with Gasteiger partial charge in [-0.3, -0.25) is 4.98 Å². The quantitative estimate of drug-likeness (QED) is 0.784. The molecule has 5 heteroatoms. The minimum Gasteiger partial charge on any atom is -0.464 e. The van der Waals surface area contributed by atoms with Crippen molar-refractivity contribution < 1.29 is 9.53 Å². The Morgan fingerprint density at radius 2 is 2.26 bits per heavy atom. The maximum absolute atomic E-state index is 11.5. The molecule has 1 fully saturated rings. The lowest BCUT2D eigenvalue weighted by Crippen LogP contribution is -2.35. The van der Waals surface area contributed by atoms with Crippen LogP contribution < -0.4 is 4.90 Å². The maximum Gasteiger partial charge on any atom is 0.358 e. The molecule has 104 valence electrons. The first kappa shape index (κ1) is 13.8. The van der Waals surface area contributed by atoms with E-state index in [9.17, 15) is 4.79 Å². The van der Waals surface area contributed by atoms with Gasteiger partial charge in [-0.15, -0.1) is 0 Å². The normalized spacial score (nSPS) is 19.9. The standard InChI is InChI=1S/C14H21N3O2/c1-3-11-7-5-4-6-8-17(11)13-10-15-9-12(16-13)14(18)19-2/h9-11H,3-8H2,1-2H3. The van der Waals surface area contributed by atoms with Gasteiger partial charge in [-0.05, 0) is 19.3 Å². The SMILES string of the molecule is CCC1CCCCCN1c1cncc(C(=O)OC)n1. The molecule has 1 aromatic rings. The molecule has 0 amide bonds. The molecule has 0 radical (unpaired) electrons. The molecular formula is C14H21N3O2. The van der Waals surface area contributed by atoms with Gasteiger partial charge in [-0.2, -0.15) is 0 Å². The van der Waals surface area contributed by atoms with E-state index in [0.717, 1.165) is 18.8 Å². The van der Waals surface area contributed by atoms with E-state index < -0.39 is 5.97 Å². The van der Waals surface area contributed by atoms with Gasteiger partial charge in [0.2, 0.25) is 0 Å². The third kappa shape index (κ3) is 3.22. The van der Waals surface area contributed by atoms with E-state index >= 15 is 0 Å². The molecule has 0 saturated carbocycles. The molecule has 2 rings (SSSR count). The van der Waals surface area contributed by atoms with Crippen LogP contribution in [0.15, 0.2) is 12.4 Å². The summed E-state index contributed by atoms with van der Waals surface area (Å²) in [4.78, 5) is 22.3. The van der Waals surface area contributed by atoms with Gasteiger partial charge in [0, 0.05) is 12.6 Å². The van der Waals surface area contributed by atoms with Gasteiger partial charge in [-0.25, -0.2) is 9.78 Å². The van der Waals surface area contributed by atoms with E-state index in [2.05, 4.69) is 21.8 Å². The van der Waals surface area contributed by atoms with Crippen LogP contribution >= 0.6 is 0 Å². The zero-order chi connectivity index (χ0) is 13.7. The van der Waals surface area contributed by atoms with E-state index in [1.807, 2.05) is 0 Å². The predicted molar refractivity (Wildman–Crippen MR) is 73.3 cm³/mol. The molecule has 0 N–H and O–H groups in total. The van der Waals surface area contributed by atoms with Crippen LogP contribution in [0.2, 0.25) is 0 Å². The van der Waals surface area contributed by atoms with Crippen LogP contribution in [-0.4, -0.2) is 35.6 Å². The van der Waals surface area contributed by atoms with E-state index in [1.54, 1.807) is 6.20 Å². The summed E-state index contributed by atoms with van der Waals surface area (Å²) in [6.07, 6.45) is 9.15. The highest BCUT2D eigenvalue weighted by molar-refractivity contribution is 5.87. The molecule has 1 unspecified atom stereocenters. The lowest BCUT2D eigenvalue weighted by Gasteiger charge is -2.30. The summed E-state index contributed by atoms with van der Waals surface area (Å²) >= 11 is 0. The summed E-state index contributed by atoms with van der Waals surface area (Å²) in [5.41, 5.74) is 0.277. The summed E-state index contributed by atoms with van der Waals surface area (Å²) in [6, 6.07) is 0.490. The Bertz CT molecular complexity index is 436. The average Bonchev–Trinajstić information content (AvgIpc) is 2.71. The number of carbonyl (C=O) groups excluding carboxylic acids is 1. The van der Waals surface area contributed by atoms with Crippen molar-refractivity contribution in [3.05, 3.63) is 18.1 Å². The van der Waals surface area contributed by atoms with Crippen LogP contribution in [0.4, 0.5) is 5.82 Å². The number of nitrogens with zero attached hydrogens (tertiary/aromatic N) is 3. The van der Waals surface area contributed by atoms with Crippen LogP contribution in [0.1, 0.15) is 49.5 Å². The average molecular weight is 263 g/mol. The van der Waals surface area contributed by atoms with Crippen molar-refractivity contribution in [1.82, 2.24) is 9.97 Å². The number of rotatable bonds is 3. The van der Waals surface area contributed by atoms with Crippen molar-refractivity contribution in [2.24, 2.45) is 0 Å². The molecule has 0 spiro atoms. The fraction of sp³-hybridized carbons (Fsp3) is 0.643. The summed E-state index contributed by atoms with van der Waals surface area (Å²) < 4.78 is 4.70. The van der Waals surface area contributed by atoms with Crippen molar-refractivity contribution in [1.29, 1.82) is 0 Å². The van der Waals surface area contributed by atoms with E-state index in [4.69, 9.17) is 4.74 Å². The number of ether oxygens (including phenoxy) is 1. The lowest BCUT2D eigenvalue weighted by atomic mass is 10.1. The lowest BCUT2D eigenvalue weighted by molar-refractivity contribution is 0.0593. The van der Waals surface area contributed by atoms with Crippen LogP contribution in [0.3, 0.4) is 0 Å². The van der Waals surface area contributed by atoms with Crippen molar-refractivity contribution in [3.63, 3.8) is 0 Å². The van der Waals surface area contributed by atoms with Crippen LogP contribution in [0, 0.1) is 0 Å². The second-order valence-corrected chi connectivity index (χ2v) is 4.86. The largest absolute Gasteiger partial charge is 0.464 e. The highest BCUT2D eigenvalue weighted by atomic mass is 16.5. The van der Waals surface area contributed by atoms with Crippen molar-refractivity contribution in [2.75, 3.05) is 18.6 Å². The van der Waals surface area contributed by atoms with E-state index in [-0.39, 0.29) is 5.69 Å². The van der Waals surface area contributed by atoms with Gasteiger partial charge in [0.25, 0.3) is 0 Å². The molecule has 0 aromatic carbocycles. The maximum atomic E-state index is 11.5. The Balaban J connectivity index is 2.25. The second kappa shape index (κ2) is 6.50. The highest BCUT2D eigenvalue weighted by Crippen LogP contribution is 2.24. The number of aromatic nitrogens is 2. The summed E-state index contributed by atoms with van der Waals surface area (Å²) in [7, 11) is 1.36. The zero-order valence-electron chi connectivity index (χ0n) is 11.6. The first-order valence-electron chi connectivity index (χ1n) is 6.93. The van der Waals surface area contributed by atoms with Gasteiger partial charge >= 0.3 is 5.97 Å². The van der Waals surface area contributed by atoms with E-state index in [0.29, 0.717) is 6.04 Å². The third-order valence-corrected chi connectivity index (χ3v) is 3.66. The van der Waals surface area contributed by atoms with E-state index in [1.165, 1.54) is 39.0 Å². The summed E-state index contributed by atoms with van der Waals surface area (Å²) in [6.45, 7) is 3.18. The predicted octanol–water partition coefficient (Wildman–Crippen LogP) is 2.42. The van der Waals surface area contributed by atoms with Crippen molar-refractivity contribution >= 4 is 11.8 Å². The number of hydrogen-bond donors (Lipinski definition) is 0.